The fourth-order valence-electron chi connectivity index (χ4n) is 2.48. The van der Waals surface area contributed by atoms with Crippen molar-refractivity contribution in [2.24, 2.45) is 5.41 Å². The molecule has 0 aromatic heterocycles. The molecule has 1 aromatic carbocycles. The Balaban J connectivity index is 2.05. The van der Waals surface area contributed by atoms with E-state index >= 15 is 0 Å². The van der Waals surface area contributed by atoms with Gasteiger partial charge in [0, 0.05) is 29.1 Å². The number of halogens is 1. The summed E-state index contributed by atoms with van der Waals surface area (Å²) in [5, 5.41) is 4.43. The summed E-state index contributed by atoms with van der Waals surface area (Å²) in [5.74, 6) is 0. The normalized spacial score (nSPS) is 23.8. The second-order valence-corrected chi connectivity index (χ2v) is 7.15. The summed E-state index contributed by atoms with van der Waals surface area (Å²) in [5.41, 5.74) is 1.71. The standard InChI is InChI=1S/C16H24ClNO/c1-15(2,3)18-11-16(8-9-19-12-16)10-13-4-6-14(17)7-5-13/h4-7,18H,8-12H2,1-3H3. The summed E-state index contributed by atoms with van der Waals surface area (Å²) in [6.07, 6.45) is 2.17. The van der Waals surface area contributed by atoms with Crippen molar-refractivity contribution in [3.63, 3.8) is 0 Å². The molecule has 2 nitrogen and oxygen atoms in total. The van der Waals surface area contributed by atoms with E-state index in [0.717, 1.165) is 37.6 Å². The lowest BCUT2D eigenvalue weighted by Gasteiger charge is -2.32. The molecule has 1 heterocycles. The molecule has 1 fully saturated rings. The molecule has 2 rings (SSSR count). The first kappa shape index (κ1) is 14.8. The zero-order valence-electron chi connectivity index (χ0n) is 12.1. The minimum absolute atomic E-state index is 0.148. The van der Waals surface area contributed by atoms with Crippen molar-refractivity contribution in [1.29, 1.82) is 0 Å². The van der Waals surface area contributed by atoms with Gasteiger partial charge in [-0.25, -0.2) is 0 Å². The van der Waals surface area contributed by atoms with Gasteiger partial charge < -0.3 is 10.1 Å². The largest absolute Gasteiger partial charge is 0.381 e. The summed E-state index contributed by atoms with van der Waals surface area (Å²) < 4.78 is 5.66. The maximum absolute atomic E-state index is 5.95. The molecule has 1 aliphatic rings. The van der Waals surface area contributed by atoms with E-state index in [9.17, 15) is 0 Å². The number of ether oxygens (including phenoxy) is 1. The van der Waals surface area contributed by atoms with Crippen LogP contribution >= 0.6 is 11.6 Å². The zero-order valence-corrected chi connectivity index (χ0v) is 12.9. The topological polar surface area (TPSA) is 21.3 Å². The van der Waals surface area contributed by atoms with Crippen LogP contribution in [0.3, 0.4) is 0 Å². The Labute approximate surface area is 121 Å². The molecule has 1 aromatic rings. The van der Waals surface area contributed by atoms with Crippen molar-refractivity contribution in [2.75, 3.05) is 19.8 Å². The van der Waals surface area contributed by atoms with Crippen LogP contribution in [0.15, 0.2) is 24.3 Å². The van der Waals surface area contributed by atoms with Gasteiger partial charge in [-0.15, -0.1) is 0 Å². The fraction of sp³-hybridized carbons (Fsp3) is 0.625. The molecule has 0 amide bonds. The third-order valence-corrected chi connectivity index (χ3v) is 3.92. The maximum Gasteiger partial charge on any atom is 0.0538 e. The molecule has 0 bridgehead atoms. The van der Waals surface area contributed by atoms with Crippen molar-refractivity contribution in [3.8, 4) is 0 Å². The highest BCUT2D eigenvalue weighted by atomic mass is 35.5. The average Bonchev–Trinajstić information content (AvgIpc) is 2.78. The third-order valence-electron chi connectivity index (χ3n) is 3.67. The Hall–Kier alpha value is -0.570. The summed E-state index contributed by atoms with van der Waals surface area (Å²) in [7, 11) is 0. The van der Waals surface area contributed by atoms with E-state index in [1.165, 1.54) is 5.56 Å². The molecule has 0 saturated carbocycles. The number of hydrogen-bond donors (Lipinski definition) is 1. The first-order valence-corrected chi connectivity index (χ1v) is 7.34. The highest BCUT2D eigenvalue weighted by Crippen LogP contribution is 2.33. The lowest BCUT2D eigenvalue weighted by molar-refractivity contribution is 0.144. The number of hydrogen-bond acceptors (Lipinski definition) is 2. The summed E-state index contributed by atoms with van der Waals surface area (Å²) in [4.78, 5) is 0. The number of benzene rings is 1. The SMILES string of the molecule is CC(C)(C)NCC1(Cc2ccc(Cl)cc2)CCOC1. The van der Waals surface area contributed by atoms with E-state index in [0.29, 0.717) is 0 Å². The van der Waals surface area contributed by atoms with Crippen molar-refractivity contribution in [3.05, 3.63) is 34.9 Å². The van der Waals surface area contributed by atoms with Crippen LogP contribution in [0.4, 0.5) is 0 Å². The van der Waals surface area contributed by atoms with E-state index in [4.69, 9.17) is 16.3 Å². The Morgan fingerprint density at radius 2 is 1.95 bits per heavy atom. The quantitative estimate of drug-likeness (QED) is 0.909. The van der Waals surface area contributed by atoms with Gasteiger partial charge in [-0.1, -0.05) is 23.7 Å². The van der Waals surface area contributed by atoms with Crippen molar-refractivity contribution >= 4 is 11.6 Å². The summed E-state index contributed by atoms with van der Waals surface area (Å²) >= 11 is 5.95. The van der Waals surface area contributed by atoms with Gasteiger partial charge in [-0.3, -0.25) is 0 Å². The van der Waals surface area contributed by atoms with E-state index in [1.807, 2.05) is 12.1 Å². The molecule has 1 N–H and O–H groups in total. The summed E-state index contributed by atoms with van der Waals surface area (Å²) in [6, 6.07) is 8.19. The molecule has 1 unspecified atom stereocenters. The van der Waals surface area contributed by atoms with Crippen LogP contribution in [0.25, 0.3) is 0 Å². The van der Waals surface area contributed by atoms with Gasteiger partial charge in [0.2, 0.25) is 0 Å². The third kappa shape index (κ3) is 4.48. The highest BCUT2D eigenvalue weighted by Gasteiger charge is 2.35. The van der Waals surface area contributed by atoms with Crippen molar-refractivity contribution in [1.82, 2.24) is 5.32 Å². The molecule has 0 aliphatic carbocycles. The molecular weight excluding hydrogens is 258 g/mol. The van der Waals surface area contributed by atoms with E-state index < -0.39 is 0 Å². The zero-order chi connectivity index (χ0) is 13.9. The van der Waals surface area contributed by atoms with Crippen LogP contribution in [-0.2, 0) is 11.2 Å². The smallest absolute Gasteiger partial charge is 0.0538 e. The van der Waals surface area contributed by atoms with Crippen LogP contribution in [0.2, 0.25) is 5.02 Å². The first-order chi connectivity index (χ1) is 8.89. The minimum Gasteiger partial charge on any atom is -0.381 e. The second kappa shape index (κ2) is 5.82. The Morgan fingerprint density at radius 1 is 1.26 bits per heavy atom. The molecule has 3 heteroatoms. The monoisotopic (exact) mass is 281 g/mol. The van der Waals surface area contributed by atoms with Crippen LogP contribution < -0.4 is 5.32 Å². The average molecular weight is 282 g/mol. The second-order valence-electron chi connectivity index (χ2n) is 6.71. The lowest BCUT2D eigenvalue weighted by Crippen LogP contribution is -2.45. The number of rotatable bonds is 4. The van der Waals surface area contributed by atoms with Gasteiger partial charge in [-0.2, -0.15) is 0 Å². The van der Waals surface area contributed by atoms with E-state index in [-0.39, 0.29) is 11.0 Å². The predicted octanol–water partition coefficient (Wildman–Crippen LogP) is 3.68. The van der Waals surface area contributed by atoms with E-state index in [2.05, 4.69) is 38.2 Å². The van der Waals surface area contributed by atoms with Crippen molar-refractivity contribution in [2.45, 2.75) is 39.2 Å². The lowest BCUT2D eigenvalue weighted by atomic mass is 9.80. The Bertz CT molecular complexity index is 402. The molecule has 1 atom stereocenters. The predicted molar refractivity (Wildman–Crippen MR) is 80.8 cm³/mol. The van der Waals surface area contributed by atoms with Crippen LogP contribution in [0, 0.1) is 5.41 Å². The van der Waals surface area contributed by atoms with Crippen LogP contribution in [-0.4, -0.2) is 25.3 Å². The molecule has 0 radical (unpaired) electrons. The molecule has 0 spiro atoms. The Morgan fingerprint density at radius 3 is 2.47 bits per heavy atom. The number of nitrogens with one attached hydrogen (secondary N) is 1. The van der Waals surface area contributed by atoms with Gasteiger partial charge in [0.25, 0.3) is 0 Å². The van der Waals surface area contributed by atoms with Gasteiger partial charge in [0.1, 0.15) is 0 Å². The first-order valence-electron chi connectivity index (χ1n) is 6.96. The summed E-state index contributed by atoms with van der Waals surface area (Å²) in [6.45, 7) is 9.34. The molecular formula is C16H24ClNO. The Kier molecular flexibility index (Phi) is 4.54. The van der Waals surface area contributed by atoms with Gasteiger partial charge in [0.05, 0.1) is 6.61 Å². The highest BCUT2D eigenvalue weighted by molar-refractivity contribution is 6.30. The maximum atomic E-state index is 5.95. The van der Waals surface area contributed by atoms with Gasteiger partial charge >= 0.3 is 0 Å². The fourth-order valence-corrected chi connectivity index (χ4v) is 2.60. The van der Waals surface area contributed by atoms with Gasteiger partial charge in [0.15, 0.2) is 0 Å². The van der Waals surface area contributed by atoms with E-state index in [1.54, 1.807) is 0 Å². The van der Waals surface area contributed by atoms with Gasteiger partial charge in [-0.05, 0) is 51.3 Å². The molecule has 106 valence electrons. The molecule has 19 heavy (non-hydrogen) atoms. The van der Waals surface area contributed by atoms with Crippen LogP contribution in [0.1, 0.15) is 32.8 Å². The molecule has 1 saturated heterocycles. The van der Waals surface area contributed by atoms with Crippen molar-refractivity contribution < 1.29 is 4.74 Å². The molecule has 1 aliphatic heterocycles. The van der Waals surface area contributed by atoms with Crippen LogP contribution in [0.5, 0.6) is 0 Å². The minimum atomic E-state index is 0.148.